The van der Waals surface area contributed by atoms with Gasteiger partial charge in [0.05, 0.1) is 19.1 Å². The van der Waals surface area contributed by atoms with Gasteiger partial charge in [-0.15, -0.1) is 11.3 Å². The number of benzene rings is 1. The number of amides is 1. The summed E-state index contributed by atoms with van der Waals surface area (Å²) in [6, 6.07) is 7.24. The molecule has 0 bridgehead atoms. The number of anilines is 1. The van der Waals surface area contributed by atoms with E-state index in [-0.39, 0.29) is 5.91 Å². The number of methoxy groups -OCH3 is 2. The van der Waals surface area contributed by atoms with Crippen molar-refractivity contribution in [3.8, 4) is 11.5 Å². The Morgan fingerprint density at radius 2 is 1.90 bits per heavy atom. The molecule has 0 radical (unpaired) electrons. The average Bonchev–Trinajstić information content (AvgIpc) is 2.88. The summed E-state index contributed by atoms with van der Waals surface area (Å²) in [7, 11) is 3.15. The minimum Gasteiger partial charge on any atom is -0.493 e. The first-order valence-corrected chi connectivity index (χ1v) is 7.53. The number of ether oxygens (including phenoxy) is 2. The molecule has 112 valence electrons. The maximum atomic E-state index is 12.3. The van der Waals surface area contributed by atoms with Crippen molar-refractivity contribution in [1.82, 2.24) is 0 Å². The largest absolute Gasteiger partial charge is 0.493 e. The molecule has 21 heavy (non-hydrogen) atoms. The zero-order chi connectivity index (χ0) is 15.4. The van der Waals surface area contributed by atoms with Crippen LogP contribution in [0.5, 0.6) is 11.5 Å². The van der Waals surface area contributed by atoms with Crippen LogP contribution in [0.2, 0.25) is 0 Å². The second kappa shape index (κ2) is 6.63. The van der Waals surface area contributed by atoms with Crippen LogP contribution in [-0.2, 0) is 6.42 Å². The van der Waals surface area contributed by atoms with Gasteiger partial charge in [-0.2, -0.15) is 0 Å². The van der Waals surface area contributed by atoms with Crippen molar-refractivity contribution in [3.63, 3.8) is 0 Å². The van der Waals surface area contributed by atoms with Crippen molar-refractivity contribution in [1.29, 1.82) is 0 Å². The van der Waals surface area contributed by atoms with Gasteiger partial charge in [0.15, 0.2) is 11.5 Å². The van der Waals surface area contributed by atoms with E-state index in [9.17, 15) is 4.79 Å². The maximum Gasteiger partial charge on any atom is 0.265 e. The molecule has 2 aromatic rings. The minimum absolute atomic E-state index is 0.102. The second-order valence-corrected chi connectivity index (χ2v) is 5.73. The summed E-state index contributed by atoms with van der Waals surface area (Å²) >= 11 is 1.54. The fourth-order valence-corrected chi connectivity index (χ4v) is 3.10. The van der Waals surface area contributed by atoms with E-state index in [2.05, 4.69) is 12.2 Å². The van der Waals surface area contributed by atoms with Crippen LogP contribution in [-0.4, -0.2) is 20.1 Å². The van der Waals surface area contributed by atoms with Gasteiger partial charge < -0.3 is 14.8 Å². The summed E-state index contributed by atoms with van der Waals surface area (Å²) in [6.07, 6.45) is 0.945. The van der Waals surface area contributed by atoms with E-state index in [4.69, 9.17) is 9.47 Å². The minimum atomic E-state index is -0.102. The monoisotopic (exact) mass is 305 g/mol. The van der Waals surface area contributed by atoms with Crippen LogP contribution in [0.4, 0.5) is 5.69 Å². The topological polar surface area (TPSA) is 47.6 Å². The molecule has 0 aliphatic rings. The lowest BCUT2D eigenvalue weighted by Gasteiger charge is -2.10. The van der Waals surface area contributed by atoms with Gasteiger partial charge in [-0.3, -0.25) is 4.79 Å². The highest BCUT2D eigenvalue weighted by molar-refractivity contribution is 7.14. The van der Waals surface area contributed by atoms with Gasteiger partial charge in [-0.25, -0.2) is 0 Å². The Morgan fingerprint density at radius 1 is 1.19 bits per heavy atom. The molecule has 1 N–H and O–H groups in total. The molecule has 5 heteroatoms. The summed E-state index contributed by atoms with van der Waals surface area (Å²) < 4.78 is 10.4. The van der Waals surface area contributed by atoms with E-state index < -0.39 is 0 Å². The summed E-state index contributed by atoms with van der Waals surface area (Å²) in [5, 5.41) is 2.88. The Balaban J connectivity index is 2.18. The highest BCUT2D eigenvalue weighted by atomic mass is 32.1. The third-order valence-electron chi connectivity index (χ3n) is 3.21. The fourth-order valence-electron chi connectivity index (χ4n) is 2.09. The number of thiophene rings is 1. The fraction of sp³-hybridized carbons (Fsp3) is 0.312. The molecule has 0 fully saturated rings. The molecular weight excluding hydrogens is 286 g/mol. The standard InChI is InChI=1S/C16H19NO3S/c1-5-14-10(2)8-15(21-14)16(18)17-11-6-7-12(19-3)13(9-11)20-4/h6-9H,5H2,1-4H3,(H,17,18). The highest BCUT2D eigenvalue weighted by Gasteiger charge is 2.13. The van der Waals surface area contributed by atoms with Gasteiger partial charge in [-0.1, -0.05) is 6.92 Å². The third-order valence-corrected chi connectivity index (χ3v) is 4.59. The molecule has 0 saturated carbocycles. The summed E-state index contributed by atoms with van der Waals surface area (Å²) in [5.74, 6) is 1.12. The first kappa shape index (κ1) is 15.4. The van der Waals surface area contributed by atoms with E-state index in [1.807, 2.05) is 13.0 Å². The van der Waals surface area contributed by atoms with E-state index >= 15 is 0 Å². The summed E-state index contributed by atoms with van der Waals surface area (Å²) in [6.45, 7) is 4.12. The van der Waals surface area contributed by atoms with Crippen molar-refractivity contribution in [2.24, 2.45) is 0 Å². The molecule has 0 aliphatic carbocycles. The van der Waals surface area contributed by atoms with Crippen molar-refractivity contribution in [3.05, 3.63) is 39.6 Å². The van der Waals surface area contributed by atoms with Crippen LogP contribution in [0.3, 0.4) is 0 Å². The van der Waals surface area contributed by atoms with Crippen LogP contribution >= 0.6 is 11.3 Å². The smallest absolute Gasteiger partial charge is 0.265 e. The molecule has 1 amide bonds. The van der Waals surface area contributed by atoms with Gasteiger partial charge in [0.25, 0.3) is 5.91 Å². The SMILES string of the molecule is CCc1sc(C(=O)Nc2ccc(OC)c(OC)c2)cc1C. The Labute approximate surface area is 128 Å². The van der Waals surface area contributed by atoms with Gasteiger partial charge >= 0.3 is 0 Å². The lowest BCUT2D eigenvalue weighted by molar-refractivity contribution is 0.103. The van der Waals surface area contributed by atoms with E-state index in [0.29, 0.717) is 17.2 Å². The predicted octanol–water partition coefficient (Wildman–Crippen LogP) is 3.89. The highest BCUT2D eigenvalue weighted by Crippen LogP contribution is 2.30. The van der Waals surface area contributed by atoms with E-state index in [0.717, 1.165) is 11.3 Å². The summed E-state index contributed by atoms with van der Waals surface area (Å²) in [4.78, 5) is 14.2. The van der Waals surface area contributed by atoms with Crippen LogP contribution in [0.1, 0.15) is 27.0 Å². The number of carbonyl (C=O) groups excluding carboxylic acids is 1. The molecule has 0 spiro atoms. The van der Waals surface area contributed by atoms with Crippen LogP contribution in [0.15, 0.2) is 24.3 Å². The molecule has 0 aliphatic heterocycles. The first-order valence-electron chi connectivity index (χ1n) is 6.71. The molecule has 0 atom stereocenters. The molecule has 1 aromatic heterocycles. The Bertz CT molecular complexity index is 649. The molecule has 0 saturated heterocycles. The van der Waals surface area contributed by atoms with Gasteiger partial charge in [0, 0.05) is 16.6 Å². The zero-order valence-electron chi connectivity index (χ0n) is 12.6. The molecular formula is C16H19NO3S. The maximum absolute atomic E-state index is 12.3. The first-order chi connectivity index (χ1) is 10.1. The number of carbonyl (C=O) groups is 1. The Hall–Kier alpha value is -2.01. The van der Waals surface area contributed by atoms with Gasteiger partial charge in [0.1, 0.15) is 0 Å². The number of rotatable bonds is 5. The van der Waals surface area contributed by atoms with Gasteiger partial charge in [-0.05, 0) is 37.1 Å². The molecule has 4 nitrogen and oxygen atoms in total. The van der Waals surface area contributed by atoms with Crippen LogP contribution < -0.4 is 14.8 Å². The summed E-state index contributed by atoms with van der Waals surface area (Å²) in [5.41, 5.74) is 1.85. The Kier molecular flexibility index (Phi) is 4.85. The van der Waals surface area contributed by atoms with Crippen molar-refractivity contribution in [2.75, 3.05) is 19.5 Å². The number of aryl methyl sites for hydroxylation is 2. The number of nitrogens with one attached hydrogen (secondary N) is 1. The van der Waals surface area contributed by atoms with Crippen molar-refractivity contribution in [2.45, 2.75) is 20.3 Å². The second-order valence-electron chi connectivity index (χ2n) is 4.59. The molecule has 2 rings (SSSR count). The third kappa shape index (κ3) is 3.36. The normalized spacial score (nSPS) is 10.3. The lowest BCUT2D eigenvalue weighted by Crippen LogP contribution is -2.10. The van der Waals surface area contributed by atoms with Crippen LogP contribution in [0, 0.1) is 6.92 Å². The number of hydrogen-bond donors (Lipinski definition) is 1. The lowest BCUT2D eigenvalue weighted by atomic mass is 10.2. The molecule has 0 unspecified atom stereocenters. The Morgan fingerprint density at radius 3 is 2.48 bits per heavy atom. The molecule has 1 heterocycles. The molecule has 1 aromatic carbocycles. The van der Waals surface area contributed by atoms with Crippen LogP contribution in [0.25, 0.3) is 0 Å². The zero-order valence-corrected chi connectivity index (χ0v) is 13.5. The van der Waals surface area contributed by atoms with Crippen molar-refractivity contribution >= 4 is 22.9 Å². The van der Waals surface area contributed by atoms with Crippen molar-refractivity contribution < 1.29 is 14.3 Å². The van der Waals surface area contributed by atoms with E-state index in [1.54, 1.807) is 32.4 Å². The van der Waals surface area contributed by atoms with E-state index in [1.165, 1.54) is 21.8 Å². The average molecular weight is 305 g/mol. The quantitative estimate of drug-likeness (QED) is 0.911. The number of hydrogen-bond acceptors (Lipinski definition) is 4. The predicted molar refractivity (Wildman–Crippen MR) is 85.9 cm³/mol. The van der Waals surface area contributed by atoms with Gasteiger partial charge in [0.2, 0.25) is 0 Å².